The number of benzene rings is 1. The number of carbonyl (C=O) groups excluding carboxylic acids is 1. The molecule has 1 aromatic carbocycles. The van der Waals surface area contributed by atoms with E-state index in [4.69, 9.17) is 0 Å². The summed E-state index contributed by atoms with van der Waals surface area (Å²) in [6, 6.07) is 8.07. The Labute approximate surface area is 153 Å². The monoisotopic (exact) mass is 354 g/mol. The van der Waals surface area contributed by atoms with Crippen LogP contribution in [-0.4, -0.2) is 56.7 Å². The minimum absolute atomic E-state index is 0.00193. The predicted octanol–water partition coefficient (Wildman–Crippen LogP) is 1.97. The van der Waals surface area contributed by atoms with Crippen LogP contribution in [-0.2, 0) is 0 Å². The molecule has 2 aromatic rings. The quantitative estimate of drug-likeness (QED) is 0.908. The zero-order chi connectivity index (χ0) is 17.9. The summed E-state index contributed by atoms with van der Waals surface area (Å²) < 4.78 is 1.65. The molecule has 138 valence electrons. The summed E-state index contributed by atoms with van der Waals surface area (Å²) >= 11 is 0. The zero-order valence-electron chi connectivity index (χ0n) is 15.3. The number of rotatable bonds is 4. The molecule has 0 spiro atoms. The molecule has 0 bridgehead atoms. The highest BCUT2D eigenvalue weighted by Crippen LogP contribution is 2.30. The second-order valence-electron chi connectivity index (χ2n) is 7.40. The highest BCUT2D eigenvalue weighted by atomic mass is 16.1. The van der Waals surface area contributed by atoms with Gasteiger partial charge >= 0.3 is 0 Å². The average molecular weight is 354 g/mol. The maximum Gasteiger partial charge on any atom is 0.251 e. The predicted molar refractivity (Wildman–Crippen MR) is 98.2 cm³/mol. The minimum atomic E-state index is -0.00193. The van der Waals surface area contributed by atoms with Gasteiger partial charge in [0.1, 0.15) is 0 Å². The van der Waals surface area contributed by atoms with Gasteiger partial charge in [0, 0.05) is 18.2 Å². The molecule has 2 fully saturated rings. The molecule has 26 heavy (non-hydrogen) atoms. The van der Waals surface area contributed by atoms with Gasteiger partial charge in [0.15, 0.2) is 5.82 Å². The van der Waals surface area contributed by atoms with Crippen molar-refractivity contribution in [2.45, 2.75) is 45.1 Å². The first-order chi connectivity index (χ1) is 12.7. The molecule has 7 heteroatoms. The smallest absolute Gasteiger partial charge is 0.251 e. The molecule has 7 nitrogen and oxygen atoms in total. The van der Waals surface area contributed by atoms with Crippen molar-refractivity contribution in [1.29, 1.82) is 0 Å². The summed E-state index contributed by atoms with van der Waals surface area (Å²) in [5.41, 5.74) is 1.53. The number of aromatic nitrogens is 4. The second-order valence-corrected chi connectivity index (χ2v) is 7.40. The van der Waals surface area contributed by atoms with Gasteiger partial charge in [-0.3, -0.25) is 4.79 Å². The number of tetrazole rings is 1. The highest BCUT2D eigenvalue weighted by Gasteiger charge is 2.32. The third kappa shape index (κ3) is 3.49. The normalized spacial score (nSPS) is 23.4. The van der Waals surface area contributed by atoms with Gasteiger partial charge < -0.3 is 10.2 Å². The van der Waals surface area contributed by atoms with Crippen LogP contribution in [0.1, 0.15) is 48.3 Å². The molecule has 4 rings (SSSR count). The number of hydrogen-bond donors (Lipinski definition) is 1. The molecular formula is C19H26N6O. The minimum Gasteiger partial charge on any atom is -0.352 e. The van der Waals surface area contributed by atoms with Gasteiger partial charge in [-0.05, 0) is 86.3 Å². The van der Waals surface area contributed by atoms with E-state index in [9.17, 15) is 4.79 Å². The van der Waals surface area contributed by atoms with Gasteiger partial charge in [-0.2, -0.15) is 4.68 Å². The third-order valence-corrected chi connectivity index (χ3v) is 5.75. The lowest BCUT2D eigenvalue weighted by atomic mass is 9.83. The Kier molecular flexibility index (Phi) is 4.97. The van der Waals surface area contributed by atoms with Crippen LogP contribution < -0.4 is 5.32 Å². The molecule has 1 amide bonds. The molecule has 2 aliphatic rings. The van der Waals surface area contributed by atoms with Gasteiger partial charge in [-0.25, -0.2) is 0 Å². The van der Waals surface area contributed by atoms with Crippen molar-refractivity contribution in [3.63, 3.8) is 0 Å². The van der Waals surface area contributed by atoms with E-state index in [1.54, 1.807) is 4.68 Å². The van der Waals surface area contributed by atoms with E-state index in [1.165, 1.54) is 45.2 Å². The number of nitrogens with one attached hydrogen (secondary N) is 1. The van der Waals surface area contributed by atoms with E-state index >= 15 is 0 Å². The molecule has 2 atom stereocenters. The fourth-order valence-electron chi connectivity index (χ4n) is 4.37. The first kappa shape index (κ1) is 17.1. The Morgan fingerprint density at radius 1 is 1.15 bits per heavy atom. The third-order valence-electron chi connectivity index (χ3n) is 5.75. The summed E-state index contributed by atoms with van der Waals surface area (Å²) in [5, 5.41) is 14.6. The zero-order valence-corrected chi connectivity index (χ0v) is 15.3. The summed E-state index contributed by atoms with van der Waals surface area (Å²) in [7, 11) is 0. The molecular weight excluding hydrogens is 328 g/mol. The van der Waals surface area contributed by atoms with E-state index in [2.05, 4.69) is 25.7 Å². The van der Waals surface area contributed by atoms with Crippen LogP contribution in [0.5, 0.6) is 0 Å². The largest absolute Gasteiger partial charge is 0.352 e. The van der Waals surface area contributed by atoms with Crippen molar-refractivity contribution in [3.05, 3.63) is 35.7 Å². The van der Waals surface area contributed by atoms with Gasteiger partial charge in [0.05, 0.1) is 5.69 Å². The fourth-order valence-corrected chi connectivity index (χ4v) is 4.37. The highest BCUT2D eigenvalue weighted by molar-refractivity contribution is 5.94. The van der Waals surface area contributed by atoms with Crippen LogP contribution in [0.4, 0.5) is 0 Å². The molecule has 1 aromatic heterocycles. The Hall–Kier alpha value is -2.28. The standard InChI is InChI=1S/C19H26N6O/c1-14-21-22-23-25(14)17-9-7-15(8-10-17)19(26)20-13-16-5-4-12-24-11-3-2-6-18(16)24/h7-10,16,18H,2-6,11-13H2,1H3,(H,20,26)/t16-,18+/m0/s1. The molecule has 1 N–H and O–H groups in total. The molecule has 0 radical (unpaired) electrons. The number of carbonyl (C=O) groups is 1. The summed E-state index contributed by atoms with van der Waals surface area (Å²) in [4.78, 5) is 15.2. The Morgan fingerprint density at radius 2 is 1.96 bits per heavy atom. The topological polar surface area (TPSA) is 75.9 Å². The van der Waals surface area contributed by atoms with Crippen molar-refractivity contribution < 1.29 is 4.79 Å². The van der Waals surface area contributed by atoms with E-state index < -0.39 is 0 Å². The lowest BCUT2D eigenvalue weighted by Crippen LogP contribution is -2.51. The van der Waals surface area contributed by atoms with E-state index in [0.29, 0.717) is 17.5 Å². The fraction of sp³-hybridized carbons (Fsp3) is 0.579. The first-order valence-electron chi connectivity index (χ1n) is 9.60. The van der Waals surface area contributed by atoms with Crippen LogP contribution in [0.3, 0.4) is 0 Å². The Balaban J connectivity index is 1.36. The number of amides is 1. The van der Waals surface area contributed by atoms with Crippen molar-refractivity contribution in [2.24, 2.45) is 5.92 Å². The van der Waals surface area contributed by atoms with E-state index in [1.807, 2.05) is 31.2 Å². The van der Waals surface area contributed by atoms with Gasteiger partial charge in [-0.15, -0.1) is 5.10 Å². The van der Waals surface area contributed by atoms with Gasteiger partial charge in [0.25, 0.3) is 5.91 Å². The number of fused-ring (bicyclic) bond motifs is 1. The molecule has 3 heterocycles. The number of hydrogen-bond acceptors (Lipinski definition) is 5. The van der Waals surface area contributed by atoms with E-state index in [-0.39, 0.29) is 5.91 Å². The number of aryl methyl sites for hydroxylation is 1. The van der Waals surface area contributed by atoms with Crippen LogP contribution >= 0.6 is 0 Å². The second kappa shape index (κ2) is 7.53. The Morgan fingerprint density at radius 3 is 2.73 bits per heavy atom. The molecule has 0 saturated carbocycles. The number of piperidine rings is 2. The van der Waals surface area contributed by atoms with Crippen LogP contribution in [0, 0.1) is 12.8 Å². The van der Waals surface area contributed by atoms with Gasteiger partial charge in [-0.1, -0.05) is 6.42 Å². The van der Waals surface area contributed by atoms with Crippen LogP contribution in [0.15, 0.2) is 24.3 Å². The lowest BCUT2D eigenvalue weighted by molar-refractivity contribution is 0.0575. The van der Waals surface area contributed by atoms with Crippen molar-refractivity contribution >= 4 is 5.91 Å². The van der Waals surface area contributed by atoms with Crippen molar-refractivity contribution in [3.8, 4) is 5.69 Å². The van der Waals surface area contributed by atoms with Crippen LogP contribution in [0.25, 0.3) is 5.69 Å². The molecule has 2 aliphatic heterocycles. The SMILES string of the molecule is Cc1nnnn1-c1ccc(C(=O)NC[C@@H]2CCCN3CCCC[C@H]23)cc1. The molecule has 2 saturated heterocycles. The van der Waals surface area contributed by atoms with Crippen molar-refractivity contribution in [1.82, 2.24) is 30.4 Å². The maximum atomic E-state index is 12.5. The molecule has 0 aliphatic carbocycles. The first-order valence-corrected chi connectivity index (χ1v) is 9.60. The number of nitrogens with zero attached hydrogens (tertiary/aromatic N) is 5. The van der Waals surface area contributed by atoms with Crippen LogP contribution in [0.2, 0.25) is 0 Å². The van der Waals surface area contributed by atoms with Gasteiger partial charge in [0.2, 0.25) is 0 Å². The lowest BCUT2D eigenvalue weighted by Gasteiger charge is -2.44. The van der Waals surface area contributed by atoms with E-state index in [0.717, 1.165) is 18.1 Å². The summed E-state index contributed by atoms with van der Waals surface area (Å²) in [5.74, 6) is 1.30. The molecule has 0 unspecified atom stereocenters. The maximum absolute atomic E-state index is 12.5. The summed E-state index contributed by atoms with van der Waals surface area (Å²) in [6.07, 6.45) is 6.39. The van der Waals surface area contributed by atoms with Crippen molar-refractivity contribution in [2.75, 3.05) is 19.6 Å². The summed E-state index contributed by atoms with van der Waals surface area (Å²) in [6.45, 7) is 5.08. The Bertz CT molecular complexity index is 754. The average Bonchev–Trinajstić information content (AvgIpc) is 3.12.